The van der Waals surface area contributed by atoms with E-state index in [4.69, 9.17) is 4.74 Å². The first-order valence-electron chi connectivity index (χ1n) is 8.48. The van der Waals surface area contributed by atoms with Crippen LogP contribution in [0.4, 0.5) is 4.79 Å². The van der Waals surface area contributed by atoms with Crippen LogP contribution in [0, 0.1) is 11.3 Å². The Kier molecular flexibility index (Phi) is 5.66. The molecule has 0 aliphatic rings. The van der Waals surface area contributed by atoms with Crippen molar-refractivity contribution >= 4 is 17.2 Å². The van der Waals surface area contributed by atoms with Gasteiger partial charge in [0.15, 0.2) is 0 Å². The first kappa shape index (κ1) is 18.0. The number of benzene rings is 3. The average Bonchev–Trinajstić information content (AvgIpc) is 2.74. The molecule has 0 unspecified atom stereocenters. The third-order valence-electron chi connectivity index (χ3n) is 4.04. The van der Waals surface area contributed by atoms with E-state index in [1.165, 1.54) is 7.05 Å². The van der Waals surface area contributed by atoms with Crippen LogP contribution in [0.3, 0.4) is 0 Å². The second-order valence-corrected chi connectivity index (χ2v) is 5.76. The van der Waals surface area contributed by atoms with Crippen LogP contribution in [-0.4, -0.2) is 13.1 Å². The molecule has 0 bridgehead atoms. The van der Waals surface area contributed by atoms with Crippen LogP contribution >= 0.6 is 0 Å². The fourth-order valence-corrected chi connectivity index (χ4v) is 2.78. The van der Waals surface area contributed by atoms with Gasteiger partial charge in [0.1, 0.15) is 11.8 Å². The number of amides is 1. The van der Waals surface area contributed by atoms with Gasteiger partial charge in [0.2, 0.25) is 0 Å². The van der Waals surface area contributed by atoms with Gasteiger partial charge in [0, 0.05) is 12.6 Å². The van der Waals surface area contributed by atoms with E-state index in [0.717, 1.165) is 22.3 Å². The molecule has 27 heavy (non-hydrogen) atoms. The zero-order valence-corrected chi connectivity index (χ0v) is 14.8. The van der Waals surface area contributed by atoms with Crippen LogP contribution in [0.2, 0.25) is 0 Å². The normalized spacial score (nSPS) is 9.78. The Morgan fingerprint density at radius 2 is 1.33 bits per heavy atom. The van der Waals surface area contributed by atoms with Crippen LogP contribution in [0.1, 0.15) is 16.7 Å². The molecule has 0 aliphatic carbocycles. The molecule has 3 aromatic carbocycles. The molecule has 0 saturated carbocycles. The van der Waals surface area contributed by atoms with E-state index in [1.54, 1.807) is 24.3 Å². The van der Waals surface area contributed by atoms with Crippen LogP contribution in [0.25, 0.3) is 11.1 Å². The standard InChI is InChI=1S/C23H18N2O2/c1-25-23(26)27-20-14-12-17(13-15-20)21(16-24)22(18-8-4-2-5-9-18)19-10-6-3-7-11-19/h2-15H,1H3,(H,25,26). The Balaban J connectivity index is 2.11. The molecule has 3 rings (SSSR count). The van der Waals surface area contributed by atoms with E-state index in [0.29, 0.717) is 11.3 Å². The van der Waals surface area contributed by atoms with Crippen molar-refractivity contribution in [1.29, 1.82) is 5.26 Å². The Hall–Kier alpha value is -3.84. The van der Waals surface area contributed by atoms with Gasteiger partial charge in [-0.15, -0.1) is 0 Å². The van der Waals surface area contributed by atoms with Gasteiger partial charge in [-0.2, -0.15) is 5.26 Å². The summed E-state index contributed by atoms with van der Waals surface area (Å²) in [6.45, 7) is 0. The predicted octanol–water partition coefficient (Wildman–Crippen LogP) is 4.89. The maximum absolute atomic E-state index is 11.3. The molecule has 0 aromatic heterocycles. The third-order valence-corrected chi connectivity index (χ3v) is 4.04. The first-order valence-corrected chi connectivity index (χ1v) is 8.48. The maximum Gasteiger partial charge on any atom is 0.412 e. The fourth-order valence-electron chi connectivity index (χ4n) is 2.78. The van der Waals surface area contributed by atoms with Crippen molar-refractivity contribution in [1.82, 2.24) is 5.32 Å². The molecule has 0 fully saturated rings. The van der Waals surface area contributed by atoms with Crippen molar-refractivity contribution in [3.8, 4) is 11.8 Å². The summed E-state index contributed by atoms with van der Waals surface area (Å²) in [5.74, 6) is 0.413. The summed E-state index contributed by atoms with van der Waals surface area (Å²) in [7, 11) is 1.50. The quantitative estimate of drug-likeness (QED) is 0.536. The number of rotatable bonds is 4. The van der Waals surface area contributed by atoms with Gasteiger partial charge in [0.25, 0.3) is 0 Å². The van der Waals surface area contributed by atoms with Crippen LogP contribution in [-0.2, 0) is 0 Å². The highest BCUT2D eigenvalue weighted by Gasteiger charge is 2.14. The highest BCUT2D eigenvalue weighted by molar-refractivity contribution is 6.03. The molecule has 3 aromatic rings. The van der Waals surface area contributed by atoms with Gasteiger partial charge >= 0.3 is 6.09 Å². The van der Waals surface area contributed by atoms with Crippen molar-refractivity contribution in [2.45, 2.75) is 0 Å². The summed E-state index contributed by atoms with van der Waals surface area (Å²) in [5, 5.41) is 12.3. The summed E-state index contributed by atoms with van der Waals surface area (Å²) in [6, 6.07) is 28.9. The van der Waals surface area contributed by atoms with Crippen molar-refractivity contribution in [2.75, 3.05) is 7.05 Å². The minimum Gasteiger partial charge on any atom is -0.410 e. The van der Waals surface area contributed by atoms with E-state index < -0.39 is 6.09 Å². The molecule has 0 heterocycles. The maximum atomic E-state index is 11.3. The van der Waals surface area contributed by atoms with Gasteiger partial charge in [-0.3, -0.25) is 0 Å². The Morgan fingerprint density at radius 1 is 0.815 bits per heavy atom. The van der Waals surface area contributed by atoms with Gasteiger partial charge in [0.05, 0.1) is 5.57 Å². The molecule has 4 heteroatoms. The van der Waals surface area contributed by atoms with E-state index in [9.17, 15) is 10.1 Å². The smallest absolute Gasteiger partial charge is 0.410 e. The molecule has 1 amide bonds. The Bertz CT molecular complexity index is 945. The summed E-state index contributed by atoms with van der Waals surface area (Å²) < 4.78 is 5.11. The van der Waals surface area contributed by atoms with Crippen molar-refractivity contribution in [2.24, 2.45) is 0 Å². The molecule has 0 saturated heterocycles. The first-order chi connectivity index (χ1) is 13.2. The molecular weight excluding hydrogens is 336 g/mol. The van der Waals surface area contributed by atoms with Gasteiger partial charge < -0.3 is 10.1 Å². The number of allylic oxidation sites excluding steroid dienone is 1. The lowest BCUT2D eigenvalue weighted by atomic mass is 9.90. The van der Waals surface area contributed by atoms with Gasteiger partial charge in [-0.1, -0.05) is 60.7 Å². The lowest BCUT2D eigenvalue weighted by molar-refractivity contribution is 0.203. The highest BCUT2D eigenvalue weighted by Crippen LogP contribution is 2.32. The van der Waals surface area contributed by atoms with Crippen LogP contribution in [0.5, 0.6) is 5.75 Å². The number of nitriles is 1. The minimum absolute atomic E-state index is 0.413. The SMILES string of the molecule is CNC(=O)Oc1ccc(C(C#N)=C(c2ccccc2)c2ccccc2)cc1. The second kappa shape index (κ2) is 8.50. The highest BCUT2D eigenvalue weighted by atomic mass is 16.5. The van der Waals surface area contributed by atoms with Gasteiger partial charge in [-0.05, 0) is 41.0 Å². The number of ether oxygens (including phenoxy) is 1. The molecule has 0 atom stereocenters. The predicted molar refractivity (Wildman–Crippen MR) is 106 cm³/mol. The molecule has 1 N–H and O–H groups in total. The molecule has 4 nitrogen and oxygen atoms in total. The van der Waals surface area contributed by atoms with Crippen LogP contribution < -0.4 is 10.1 Å². The summed E-state index contributed by atoms with van der Waals surface area (Å²) in [5.41, 5.74) is 4.10. The van der Waals surface area contributed by atoms with Crippen LogP contribution in [0.15, 0.2) is 84.9 Å². The minimum atomic E-state index is -0.534. The van der Waals surface area contributed by atoms with E-state index in [1.807, 2.05) is 60.7 Å². The van der Waals surface area contributed by atoms with E-state index in [2.05, 4.69) is 11.4 Å². The summed E-state index contributed by atoms with van der Waals surface area (Å²) >= 11 is 0. The van der Waals surface area contributed by atoms with Crippen molar-refractivity contribution in [3.05, 3.63) is 102 Å². The Morgan fingerprint density at radius 3 is 1.78 bits per heavy atom. The summed E-state index contributed by atoms with van der Waals surface area (Å²) in [4.78, 5) is 11.3. The molecular formula is C23H18N2O2. The lowest BCUT2D eigenvalue weighted by Crippen LogP contribution is -2.21. The zero-order valence-electron chi connectivity index (χ0n) is 14.8. The number of hydrogen-bond donors (Lipinski definition) is 1. The number of hydrogen-bond acceptors (Lipinski definition) is 3. The van der Waals surface area contributed by atoms with Crippen molar-refractivity contribution in [3.63, 3.8) is 0 Å². The average molecular weight is 354 g/mol. The van der Waals surface area contributed by atoms with E-state index >= 15 is 0 Å². The number of nitrogens with zero attached hydrogens (tertiary/aromatic N) is 1. The second-order valence-electron chi connectivity index (χ2n) is 5.76. The number of nitrogens with one attached hydrogen (secondary N) is 1. The number of carbonyl (C=O) groups excluding carboxylic acids is 1. The Labute approximate surface area is 158 Å². The molecule has 0 spiro atoms. The number of carbonyl (C=O) groups is 1. The molecule has 0 aliphatic heterocycles. The monoisotopic (exact) mass is 354 g/mol. The molecule has 132 valence electrons. The zero-order chi connectivity index (χ0) is 19.1. The lowest BCUT2D eigenvalue weighted by Gasteiger charge is -2.12. The van der Waals surface area contributed by atoms with Crippen molar-refractivity contribution < 1.29 is 9.53 Å². The fraction of sp³-hybridized carbons (Fsp3) is 0.0435. The largest absolute Gasteiger partial charge is 0.412 e. The topological polar surface area (TPSA) is 62.1 Å². The third kappa shape index (κ3) is 4.23. The molecule has 0 radical (unpaired) electrons. The summed E-state index contributed by atoms with van der Waals surface area (Å²) in [6.07, 6.45) is -0.534. The van der Waals surface area contributed by atoms with E-state index in [-0.39, 0.29) is 0 Å². The van der Waals surface area contributed by atoms with Gasteiger partial charge in [-0.25, -0.2) is 4.79 Å².